The van der Waals surface area contributed by atoms with Gasteiger partial charge in [-0.25, -0.2) is 0 Å². The molecule has 0 aromatic rings. The molecule has 1 nitrogen and oxygen atoms in total. The third-order valence-corrected chi connectivity index (χ3v) is 13.6. The molecule has 0 atom stereocenters. The second kappa shape index (κ2) is 8.51. The number of hydrogen-bond donors (Lipinski definition) is 0. The molecule has 2 heteroatoms. The van der Waals surface area contributed by atoms with Crippen molar-refractivity contribution in [2.24, 2.45) is 0 Å². The molecule has 3 aliphatic carbocycles. The second-order valence-corrected chi connectivity index (χ2v) is 13.4. The van der Waals surface area contributed by atoms with Crippen molar-refractivity contribution in [2.45, 2.75) is 133 Å². The van der Waals surface area contributed by atoms with Crippen molar-refractivity contribution in [3.63, 3.8) is 0 Å². The van der Waals surface area contributed by atoms with Gasteiger partial charge >= 0.3 is 0 Å². The highest BCUT2D eigenvalue weighted by atomic mass is 28.4. The number of hydrogen-bond acceptors (Lipinski definition) is 1. The molecule has 0 radical (unpaired) electrons. The van der Waals surface area contributed by atoms with Crippen molar-refractivity contribution in [1.82, 2.24) is 0 Å². The van der Waals surface area contributed by atoms with E-state index in [-0.39, 0.29) is 0 Å². The van der Waals surface area contributed by atoms with E-state index < -0.39 is 8.32 Å². The molecule has 23 heavy (non-hydrogen) atoms. The van der Waals surface area contributed by atoms with Crippen LogP contribution in [-0.4, -0.2) is 14.4 Å². The maximum absolute atomic E-state index is 7.20. The van der Waals surface area contributed by atoms with Crippen molar-refractivity contribution in [3.8, 4) is 0 Å². The highest BCUT2D eigenvalue weighted by Crippen LogP contribution is 2.57. The normalized spacial score (nSPS) is 26.7. The summed E-state index contributed by atoms with van der Waals surface area (Å²) in [6, 6.07) is 0. The van der Waals surface area contributed by atoms with Crippen LogP contribution in [0.1, 0.15) is 110 Å². The van der Waals surface area contributed by atoms with E-state index >= 15 is 0 Å². The molecule has 0 N–H and O–H groups in total. The summed E-state index contributed by atoms with van der Waals surface area (Å²) in [5, 5.41) is 0. The molecular formula is C21H40OSi. The standard InChI is InChI=1S/C21H40OSi/c1-18(2)22-23(19-12-6-3-7-13-19,20-14-8-4-9-15-20)21-16-10-5-11-17-21/h18-21H,3-17H2,1-2H3. The molecule has 0 aromatic carbocycles. The maximum atomic E-state index is 7.20. The minimum Gasteiger partial charge on any atom is -0.414 e. The van der Waals surface area contributed by atoms with Crippen LogP contribution in [0.25, 0.3) is 0 Å². The van der Waals surface area contributed by atoms with Gasteiger partial charge in [0.15, 0.2) is 0 Å². The molecule has 3 saturated carbocycles. The molecule has 0 saturated heterocycles. The van der Waals surface area contributed by atoms with Gasteiger partial charge in [-0.2, -0.15) is 0 Å². The highest BCUT2D eigenvalue weighted by Gasteiger charge is 2.55. The first-order chi connectivity index (χ1) is 11.2. The van der Waals surface area contributed by atoms with Crippen LogP contribution in [0.2, 0.25) is 16.6 Å². The zero-order chi connectivity index (χ0) is 16.1. The lowest BCUT2D eigenvalue weighted by atomic mass is 9.98. The van der Waals surface area contributed by atoms with E-state index in [1.807, 2.05) is 0 Å². The van der Waals surface area contributed by atoms with Crippen LogP contribution < -0.4 is 0 Å². The summed E-state index contributed by atoms with van der Waals surface area (Å²) in [6.07, 6.45) is 22.9. The van der Waals surface area contributed by atoms with E-state index in [2.05, 4.69) is 13.8 Å². The van der Waals surface area contributed by atoms with E-state index in [4.69, 9.17) is 4.43 Å². The quantitative estimate of drug-likeness (QED) is 0.476. The Morgan fingerprint density at radius 1 is 0.565 bits per heavy atom. The Bertz CT molecular complexity index is 290. The van der Waals surface area contributed by atoms with Crippen LogP contribution in [0.4, 0.5) is 0 Å². The summed E-state index contributed by atoms with van der Waals surface area (Å²) >= 11 is 0. The zero-order valence-corrected chi connectivity index (χ0v) is 16.8. The first-order valence-corrected chi connectivity index (χ1v) is 13.1. The van der Waals surface area contributed by atoms with Gasteiger partial charge in [-0.05, 0) is 30.5 Å². The van der Waals surface area contributed by atoms with Gasteiger partial charge in [0.05, 0.1) is 0 Å². The Hall–Kier alpha value is 0.177. The van der Waals surface area contributed by atoms with Gasteiger partial charge in [-0.3, -0.25) is 0 Å². The molecule has 3 rings (SSSR count). The van der Waals surface area contributed by atoms with Crippen molar-refractivity contribution in [3.05, 3.63) is 0 Å². The predicted molar refractivity (Wildman–Crippen MR) is 102 cm³/mol. The van der Waals surface area contributed by atoms with E-state index in [0.717, 1.165) is 16.6 Å². The highest BCUT2D eigenvalue weighted by molar-refractivity contribution is 6.78. The Morgan fingerprint density at radius 3 is 1.13 bits per heavy atom. The Balaban J connectivity index is 1.91. The van der Waals surface area contributed by atoms with Crippen molar-refractivity contribution in [1.29, 1.82) is 0 Å². The van der Waals surface area contributed by atoms with Crippen LogP contribution in [0.3, 0.4) is 0 Å². The lowest BCUT2D eigenvalue weighted by molar-refractivity contribution is 0.184. The van der Waals surface area contributed by atoms with E-state index in [0.29, 0.717) is 6.10 Å². The molecule has 0 aromatic heterocycles. The fourth-order valence-corrected chi connectivity index (χ4v) is 13.7. The maximum Gasteiger partial charge on any atom is 0.202 e. The van der Waals surface area contributed by atoms with Gasteiger partial charge in [0.2, 0.25) is 8.32 Å². The summed E-state index contributed by atoms with van der Waals surface area (Å²) in [4.78, 5) is 0. The fraction of sp³-hybridized carbons (Fsp3) is 1.00. The summed E-state index contributed by atoms with van der Waals surface area (Å²) in [5.74, 6) is 0. The second-order valence-electron chi connectivity index (χ2n) is 9.02. The minimum atomic E-state index is -1.66. The third-order valence-electron chi connectivity index (χ3n) is 7.17. The smallest absolute Gasteiger partial charge is 0.202 e. The molecular weight excluding hydrogens is 296 g/mol. The molecule has 3 aliphatic rings. The summed E-state index contributed by atoms with van der Waals surface area (Å²) in [7, 11) is -1.66. The molecule has 0 unspecified atom stereocenters. The zero-order valence-electron chi connectivity index (χ0n) is 15.8. The molecule has 134 valence electrons. The minimum absolute atomic E-state index is 0.451. The van der Waals surface area contributed by atoms with Crippen molar-refractivity contribution < 1.29 is 4.43 Å². The van der Waals surface area contributed by atoms with Crippen molar-refractivity contribution >= 4 is 8.32 Å². The van der Waals surface area contributed by atoms with Gasteiger partial charge in [0.25, 0.3) is 0 Å². The molecule has 0 bridgehead atoms. The van der Waals surface area contributed by atoms with Gasteiger partial charge < -0.3 is 4.43 Å². The molecule has 0 heterocycles. The average Bonchev–Trinajstić information content (AvgIpc) is 2.62. The summed E-state index contributed by atoms with van der Waals surface area (Å²) < 4.78 is 7.20. The molecule has 0 spiro atoms. The lowest BCUT2D eigenvalue weighted by Gasteiger charge is -2.53. The van der Waals surface area contributed by atoms with E-state index in [1.54, 1.807) is 0 Å². The van der Waals surface area contributed by atoms with Crippen LogP contribution in [0.15, 0.2) is 0 Å². The van der Waals surface area contributed by atoms with Gasteiger partial charge in [0.1, 0.15) is 0 Å². The van der Waals surface area contributed by atoms with Crippen LogP contribution in [0.5, 0.6) is 0 Å². The largest absolute Gasteiger partial charge is 0.414 e. The monoisotopic (exact) mass is 336 g/mol. The lowest BCUT2D eigenvalue weighted by Crippen LogP contribution is -2.55. The fourth-order valence-electron chi connectivity index (χ4n) is 6.36. The molecule has 3 fully saturated rings. The predicted octanol–water partition coefficient (Wildman–Crippen LogP) is 7.36. The first kappa shape index (κ1) is 18.0. The number of rotatable bonds is 5. The van der Waals surface area contributed by atoms with Gasteiger partial charge in [0, 0.05) is 6.10 Å². The van der Waals surface area contributed by atoms with Crippen LogP contribution in [-0.2, 0) is 4.43 Å². The van der Waals surface area contributed by atoms with Gasteiger partial charge in [-0.1, -0.05) is 96.3 Å². The Kier molecular flexibility index (Phi) is 6.66. The summed E-state index contributed by atoms with van der Waals surface area (Å²) in [6.45, 7) is 4.66. The Morgan fingerprint density at radius 2 is 0.870 bits per heavy atom. The SMILES string of the molecule is CC(C)O[Si](C1CCCCC1)(C1CCCCC1)C1CCCCC1. The van der Waals surface area contributed by atoms with Gasteiger partial charge in [-0.15, -0.1) is 0 Å². The third kappa shape index (κ3) is 4.06. The first-order valence-electron chi connectivity index (χ1n) is 10.9. The Labute approximate surface area is 146 Å². The van der Waals surface area contributed by atoms with E-state index in [9.17, 15) is 0 Å². The topological polar surface area (TPSA) is 9.23 Å². The average molecular weight is 337 g/mol. The molecule has 0 aliphatic heterocycles. The van der Waals surface area contributed by atoms with Crippen LogP contribution in [0, 0.1) is 0 Å². The summed E-state index contributed by atoms with van der Waals surface area (Å²) in [5.41, 5.74) is 2.97. The van der Waals surface area contributed by atoms with Crippen LogP contribution >= 0.6 is 0 Å². The van der Waals surface area contributed by atoms with E-state index in [1.165, 1.54) is 96.3 Å². The van der Waals surface area contributed by atoms with Crippen molar-refractivity contribution in [2.75, 3.05) is 0 Å². The molecule has 0 amide bonds.